The Morgan fingerprint density at radius 1 is 1.08 bits per heavy atom. The van der Waals surface area contributed by atoms with Gasteiger partial charge in [-0.3, -0.25) is 14.4 Å². The molecule has 3 aliphatic heterocycles. The van der Waals surface area contributed by atoms with Gasteiger partial charge in [-0.2, -0.15) is 0 Å². The van der Waals surface area contributed by atoms with E-state index >= 15 is 0 Å². The number of para-hydroxylation sites is 1. The number of anilines is 2. The van der Waals surface area contributed by atoms with Crippen LogP contribution in [0.3, 0.4) is 0 Å². The number of likely N-dealkylation sites (tertiary alicyclic amines) is 1. The van der Waals surface area contributed by atoms with Crippen LogP contribution in [-0.2, 0) is 14.4 Å². The molecule has 1 spiro atoms. The van der Waals surface area contributed by atoms with E-state index in [0.29, 0.717) is 29.2 Å². The van der Waals surface area contributed by atoms with E-state index in [4.69, 9.17) is 11.6 Å². The van der Waals surface area contributed by atoms with Gasteiger partial charge in [0.25, 0.3) is 0 Å². The Bertz CT molecular complexity index is 1180. The Hall–Kier alpha value is -2.55. The highest BCUT2D eigenvalue weighted by molar-refractivity contribution is 8.02. The van der Waals surface area contributed by atoms with Crippen LogP contribution in [0.2, 0.25) is 5.02 Å². The number of hydrogen-bond acceptors (Lipinski definition) is 5. The van der Waals surface area contributed by atoms with Crippen LogP contribution in [0.15, 0.2) is 54.6 Å². The maximum absolute atomic E-state index is 14.1. The highest BCUT2D eigenvalue weighted by Crippen LogP contribution is 2.71. The van der Waals surface area contributed by atoms with Gasteiger partial charge in [0, 0.05) is 21.1 Å². The molecular formula is C27H30ClN3O4S. The summed E-state index contributed by atoms with van der Waals surface area (Å²) in [6.07, 6.45) is 1.87. The first-order valence-corrected chi connectivity index (χ1v) is 13.5. The first-order valence-electron chi connectivity index (χ1n) is 12.3. The zero-order valence-corrected chi connectivity index (χ0v) is 21.8. The SMILES string of the molecule is CC[C@@H](CO)N1C(=O)[C@@H]2[C@H](C(=O)Nc3ccccc3)[C@]3(C)CCC2(S3)C1C(=O)Nc1ccc(Cl)cc1. The zero-order chi connectivity index (χ0) is 25.7. The van der Waals surface area contributed by atoms with Gasteiger partial charge < -0.3 is 20.6 Å². The molecule has 3 aliphatic rings. The molecule has 2 aromatic rings. The summed E-state index contributed by atoms with van der Waals surface area (Å²) in [4.78, 5) is 43.2. The molecule has 9 heteroatoms. The van der Waals surface area contributed by atoms with Crippen molar-refractivity contribution in [3.8, 4) is 0 Å². The van der Waals surface area contributed by atoms with E-state index in [2.05, 4.69) is 10.6 Å². The summed E-state index contributed by atoms with van der Waals surface area (Å²) in [5.74, 6) is -1.97. The Morgan fingerprint density at radius 2 is 1.72 bits per heavy atom. The Labute approximate surface area is 220 Å². The van der Waals surface area contributed by atoms with Gasteiger partial charge in [0.15, 0.2) is 0 Å². The molecule has 2 unspecified atom stereocenters. The summed E-state index contributed by atoms with van der Waals surface area (Å²) in [5, 5.41) is 16.7. The summed E-state index contributed by atoms with van der Waals surface area (Å²) in [6.45, 7) is 3.67. The molecule has 0 aliphatic carbocycles. The minimum absolute atomic E-state index is 0.202. The Kier molecular flexibility index (Phi) is 6.55. The summed E-state index contributed by atoms with van der Waals surface area (Å²) in [6, 6.07) is 14.7. The van der Waals surface area contributed by atoms with Gasteiger partial charge in [0.05, 0.1) is 29.2 Å². The molecule has 2 bridgehead atoms. The van der Waals surface area contributed by atoms with Crippen LogP contribution in [0.5, 0.6) is 0 Å². The maximum atomic E-state index is 14.1. The Balaban J connectivity index is 1.53. The van der Waals surface area contributed by atoms with E-state index in [0.717, 1.165) is 6.42 Å². The van der Waals surface area contributed by atoms with Crippen LogP contribution in [0.4, 0.5) is 11.4 Å². The molecule has 0 saturated carbocycles. The second kappa shape index (κ2) is 9.39. The molecule has 6 atom stereocenters. The van der Waals surface area contributed by atoms with Crippen LogP contribution >= 0.6 is 23.4 Å². The molecule has 3 heterocycles. The monoisotopic (exact) mass is 527 g/mol. The third-order valence-electron chi connectivity index (χ3n) is 7.97. The third-order valence-corrected chi connectivity index (χ3v) is 10.2. The number of hydrogen-bond donors (Lipinski definition) is 3. The van der Waals surface area contributed by atoms with Crippen LogP contribution in [0.25, 0.3) is 0 Å². The van der Waals surface area contributed by atoms with Gasteiger partial charge in [-0.15, -0.1) is 11.8 Å². The number of benzene rings is 2. The number of rotatable bonds is 7. The largest absolute Gasteiger partial charge is 0.394 e. The Morgan fingerprint density at radius 3 is 2.36 bits per heavy atom. The number of carbonyl (C=O) groups is 3. The fraction of sp³-hybridized carbons (Fsp3) is 0.444. The molecule has 2 aromatic carbocycles. The third kappa shape index (κ3) is 3.90. The molecular weight excluding hydrogens is 498 g/mol. The van der Waals surface area contributed by atoms with E-state index in [1.165, 1.54) is 0 Å². The maximum Gasteiger partial charge on any atom is 0.248 e. The fourth-order valence-corrected chi connectivity index (χ4v) is 8.83. The normalized spacial score (nSPS) is 31.3. The fourth-order valence-electron chi connectivity index (χ4n) is 6.36. The number of aliphatic hydroxyl groups excluding tert-OH is 1. The number of nitrogens with zero attached hydrogens (tertiary/aromatic N) is 1. The lowest BCUT2D eigenvalue weighted by Crippen LogP contribution is -2.54. The predicted molar refractivity (Wildman–Crippen MR) is 142 cm³/mol. The summed E-state index contributed by atoms with van der Waals surface area (Å²) in [5.41, 5.74) is 1.25. The number of nitrogens with one attached hydrogen (secondary N) is 2. The van der Waals surface area contributed by atoms with Gasteiger partial charge >= 0.3 is 0 Å². The summed E-state index contributed by atoms with van der Waals surface area (Å²) in [7, 11) is 0. The molecule has 3 amide bonds. The van der Waals surface area contributed by atoms with E-state index in [1.54, 1.807) is 40.9 Å². The highest BCUT2D eigenvalue weighted by Gasteiger charge is 2.77. The van der Waals surface area contributed by atoms with Crippen molar-refractivity contribution in [2.45, 2.75) is 54.7 Å². The lowest BCUT2D eigenvalue weighted by atomic mass is 9.66. The van der Waals surface area contributed by atoms with Crippen LogP contribution in [0.1, 0.15) is 33.1 Å². The predicted octanol–water partition coefficient (Wildman–Crippen LogP) is 4.17. The molecule has 3 N–H and O–H groups in total. The van der Waals surface area contributed by atoms with Crippen molar-refractivity contribution in [2.24, 2.45) is 11.8 Å². The number of thioether (sulfide) groups is 1. The second-order valence-corrected chi connectivity index (χ2v) is 12.4. The average Bonchev–Trinajstić information content (AvgIpc) is 3.43. The zero-order valence-electron chi connectivity index (χ0n) is 20.2. The van der Waals surface area contributed by atoms with Crippen molar-refractivity contribution in [3.05, 3.63) is 59.6 Å². The second-order valence-electron chi connectivity index (χ2n) is 10.1. The van der Waals surface area contributed by atoms with Crippen molar-refractivity contribution in [1.29, 1.82) is 0 Å². The van der Waals surface area contributed by atoms with Gasteiger partial charge in [-0.05, 0) is 62.6 Å². The average molecular weight is 528 g/mol. The highest BCUT2D eigenvalue weighted by atomic mass is 35.5. The quantitative estimate of drug-likeness (QED) is 0.502. The van der Waals surface area contributed by atoms with E-state index in [9.17, 15) is 19.5 Å². The summed E-state index contributed by atoms with van der Waals surface area (Å²) >= 11 is 7.61. The van der Waals surface area contributed by atoms with E-state index in [-0.39, 0.29) is 24.3 Å². The molecule has 5 rings (SSSR count). The van der Waals surface area contributed by atoms with Crippen molar-refractivity contribution in [3.63, 3.8) is 0 Å². The minimum Gasteiger partial charge on any atom is -0.394 e. The molecule has 0 radical (unpaired) electrons. The summed E-state index contributed by atoms with van der Waals surface area (Å²) < 4.78 is -1.21. The molecule has 0 aromatic heterocycles. The molecule has 190 valence electrons. The van der Waals surface area contributed by atoms with Gasteiger partial charge in [0.2, 0.25) is 17.7 Å². The number of carbonyl (C=O) groups excluding carboxylic acids is 3. The van der Waals surface area contributed by atoms with Gasteiger partial charge in [-0.25, -0.2) is 0 Å². The first kappa shape index (κ1) is 25.1. The lowest BCUT2D eigenvalue weighted by Gasteiger charge is -2.36. The minimum atomic E-state index is -0.802. The van der Waals surface area contributed by atoms with Gasteiger partial charge in [-0.1, -0.05) is 36.7 Å². The molecule has 3 fully saturated rings. The smallest absolute Gasteiger partial charge is 0.248 e. The number of aliphatic hydroxyl groups is 1. The topological polar surface area (TPSA) is 98.7 Å². The number of halogens is 1. The van der Waals surface area contributed by atoms with Crippen molar-refractivity contribution >= 4 is 52.5 Å². The van der Waals surface area contributed by atoms with Crippen molar-refractivity contribution < 1.29 is 19.5 Å². The van der Waals surface area contributed by atoms with Crippen molar-refractivity contribution in [1.82, 2.24) is 4.90 Å². The molecule has 3 saturated heterocycles. The first-order chi connectivity index (χ1) is 17.2. The lowest BCUT2D eigenvalue weighted by molar-refractivity contribution is -0.141. The molecule has 7 nitrogen and oxygen atoms in total. The van der Waals surface area contributed by atoms with Crippen LogP contribution in [0, 0.1) is 11.8 Å². The number of fused-ring (bicyclic) bond motifs is 1. The number of amides is 3. The van der Waals surface area contributed by atoms with E-state index in [1.807, 2.05) is 44.2 Å². The van der Waals surface area contributed by atoms with Gasteiger partial charge in [0.1, 0.15) is 6.04 Å². The van der Waals surface area contributed by atoms with Crippen LogP contribution in [-0.4, -0.2) is 55.9 Å². The van der Waals surface area contributed by atoms with Crippen molar-refractivity contribution in [2.75, 3.05) is 17.2 Å². The van der Waals surface area contributed by atoms with E-state index < -0.39 is 33.4 Å². The molecule has 36 heavy (non-hydrogen) atoms. The van der Waals surface area contributed by atoms with Crippen LogP contribution < -0.4 is 10.6 Å². The standard InChI is InChI=1S/C27H30ClN3O4S/c1-3-19(15-32)31-22(24(34)30-18-11-9-16(28)10-12-18)27-14-13-26(2,36-27)20(21(27)25(31)35)23(33)29-17-7-5-4-6-8-17/h4-12,19-22,32H,3,13-15H2,1-2H3,(H,29,33)(H,30,34)/t19-,20+,21-,22?,26-,27?/m0/s1.